The average Bonchev–Trinajstić information content (AvgIpc) is 3.18. The van der Waals surface area contributed by atoms with Crippen LogP contribution in [0.5, 0.6) is 0 Å². The van der Waals surface area contributed by atoms with Gasteiger partial charge < -0.3 is 34.3 Å². The second-order valence-electron chi connectivity index (χ2n) is 16.1. The fourth-order valence-corrected chi connectivity index (χ4v) is 7.58. The smallest absolute Gasteiger partial charge is 0.306 e. The van der Waals surface area contributed by atoms with Crippen molar-refractivity contribution in [2.24, 2.45) is 0 Å². The Balaban J connectivity index is 2.41. The lowest BCUT2D eigenvalue weighted by Crippen LogP contribution is -2.60. The van der Waals surface area contributed by atoms with Crippen LogP contribution in [-0.2, 0) is 38.7 Å². The van der Waals surface area contributed by atoms with Gasteiger partial charge in [0, 0.05) is 12.8 Å². The van der Waals surface area contributed by atoms with Crippen molar-refractivity contribution < 1.29 is 56.8 Å². The van der Waals surface area contributed by atoms with Crippen molar-refractivity contribution in [2.45, 2.75) is 230 Å². The molecule has 4 N–H and O–H groups in total. The topological polar surface area (TPSA) is 186 Å². The monoisotopic (exact) mass is 847 g/mol. The minimum absolute atomic E-state index is 0.162. The van der Waals surface area contributed by atoms with E-state index in [1.165, 1.54) is 96.3 Å². The SMILES string of the molecule is CCCC/C=C/CCCCCCCC(=O)OC[C@H](CO[C@H]1O[C@H](CS(=O)(=O)O)[C@@H](O)C(O)C1O)OC(=O)CCCCCCCCCCC/C=C/CCCCCCCC. The molecular weight excluding hydrogens is 765 g/mol. The summed E-state index contributed by atoms with van der Waals surface area (Å²) >= 11 is 0. The third-order valence-corrected chi connectivity index (χ3v) is 11.3. The summed E-state index contributed by atoms with van der Waals surface area (Å²) in [6.45, 7) is 3.71. The number of aliphatic hydroxyl groups excluding tert-OH is 3. The van der Waals surface area contributed by atoms with Crippen molar-refractivity contribution in [1.29, 1.82) is 0 Å². The standard InChI is InChI=1S/C45H82O12S/c1-3-5-7-9-11-13-15-16-17-18-19-20-21-22-24-26-28-30-32-34-41(47)56-38(35-54-40(46)33-31-29-27-25-23-14-12-10-8-6-4-2)36-55-45-44(50)43(49)42(48)39(57-45)37-58(51,52)53/h10,12,16-17,38-39,42-45,48-50H,3-9,11,13-15,18-37H2,1-2H3,(H,51,52,53)/b12-10+,17-16+/t38-,39-,42-,43?,44?,45+/m1/s1. The molecule has 0 aromatic heterocycles. The van der Waals surface area contributed by atoms with Crippen LogP contribution in [0.3, 0.4) is 0 Å². The molecule has 0 saturated carbocycles. The van der Waals surface area contributed by atoms with E-state index in [1.807, 2.05) is 0 Å². The zero-order valence-electron chi connectivity index (χ0n) is 36.2. The first kappa shape index (κ1) is 54.1. The maximum absolute atomic E-state index is 12.8. The van der Waals surface area contributed by atoms with Crippen LogP contribution in [0.1, 0.15) is 194 Å². The Bertz CT molecular complexity index is 1180. The Kier molecular flexibility index (Phi) is 33.5. The fraction of sp³-hybridized carbons (Fsp3) is 0.867. The molecule has 0 spiro atoms. The quantitative estimate of drug-likeness (QED) is 0.0200. The molecule has 0 aliphatic carbocycles. The predicted molar refractivity (Wildman–Crippen MR) is 229 cm³/mol. The van der Waals surface area contributed by atoms with Gasteiger partial charge >= 0.3 is 11.9 Å². The van der Waals surface area contributed by atoms with Gasteiger partial charge in [-0.05, 0) is 57.8 Å². The lowest BCUT2D eigenvalue weighted by atomic mass is 10.00. The van der Waals surface area contributed by atoms with Crippen LogP contribution in [0.15, 0.2) is 24.3 Å². The van der Waals surface area contributed by atoms with Gasteiger partial charge in [0.25, 0.3) is 10.1 Å². The molecule has 1 aliphatic rings. The lowest BCUT2D eigenvalue weighted by molar-refractivity contribution is -0.297. The van der Waals surface area contributed by atoms with E-state index in [0.717, 1.165) is 57.8 Å². The molecule has 2 unspecified atom stereocenters. The molecule has 6 atom stereocenters. The molecule has 0 aromatic carbocycles. The molecule has 13 heteroatoms. The summed E-state index contributed by atoms with van der Waals surface area (Å²) in [7, 11) is -4.60. The summed E-state index contributed by atoms with van der Waals surface area (Å²) in [5, 5.41) is 30.9. The molecule has 0 aromatic rings. The van der Waals surface area contributed by atoms with Gasteiger partial charge in [0.05, 0.1) is 6.61 Å². The maximum atomic E-state index is 12.8. The van der Waals surface area contributed by atoms with E-state index < -0.39 is 71.2 Å². The second-order valence-corrected chi connectivity index (χ2v) is 17.6. The predicted octanol–water partition coefficient (Wildman–Crippen LogP) is 9.23. The molecule has 1 rings (SSSR count). The summed E-state index contributed by atoms with van der Waals surface area (Å²) in [5.41, 5.74) is 0. The van der Waals surface area contributed by atoms with Gasteiger partial charge in [-0.1, -0.05) is 147 Å². The highest BCUT2D eigenvalue weighted by Gasteiger charge is 2.46. The van der Waals surface area contributed by atoms with Crippen molar-refractivity contribution in [2.75, 3.05) is 19.0 Å². The highest BCUT2D eigenvalue weighted by atomic mass is 32.2. The highest BCUT2D eigenvalue weighted by Crippen LogP contribution is 2.24. The summed E-state index contributed by atoms with van der Waals surface area (Å²) < 4.78 is 54.0. The van der Waals surface area contributed by atoms with Crippen LogP contribution in [0.2, 0.25) is 0 Å². The van der Waals surface area contributed by atoms with Crippen LogP contribution in [0.4, 0.5) is 0 Å². The lowest BCUT2D eigenvalue weighted by Gasteiger charge is -2.40. The maximum Gasteiger partial charge on any atom is 0.306 e. The number of ether oxygens (including phenoxy) is 4. The van der Waals surface area contributed by atoms with Gasteiger partial charge in [-0.2, -0.15) is 8.42 Å². The Hall–Kier alpha value is -1.87. The number of rotatable bonds is 38. The Morgan fingerprint density at radius 1 is 0.569 bits per heavy atom. The van der Waals surface area contributed by atoms with E-state index in [4.69, 9.17) is 18.9 Å². The number of hydrogen-bond donors (Lipinski definition) is 4. The Morgan fingerprint density at radius 2 is 1.00 bits per heavy atom. The molecule has 340 valence electrons. The summed E-state index contributed by atoms with van der Waals surface area (Å²) in [4.78, 5) is 25.4. The van der Waals surface area contributed by atoms with Crippen LogP contribution >= 0.6 is 0 Å². The molecule has 1 aliphatic heterocycles. The van der Waals surface area contributed by atoms with E-state index >= 15 is 0 Å². The third kappa shape index (κ3) is 30.2. The molecule has 1 heterocycles. The van der Waals surface area contributed by atoms with Crippen molar-refractivity contribution >= 4 is 22.1 Å². The highest BCUT2D eigenvalue weighted by molar-refractivity contribution is 7.85. The second kappa shape index (κ2) is 35.8. The van der Waals surface area contributed by atoms with Crippen molar-refractivity contribution in [3.63, 3.8) is 0 Å². The van der Waals surface area contributed by atoms with E-state index in [1.54, 1.807) is 0 Å². The first-order valence-corrected chi connectivity index (χ1v) is 24.5. The van der Waals surface area contributed by atoms with Crippen LogP contribution in [0, 0.1) is 0 Å². The molecule has 0 radical (unpaired) electrons. The van der Waals surface area contributed by atoms with Gasteiger partial charge in [-0.3, -0.25) is 14.1 Å². The zero-order valence-corrected chi connectivity index (χ0v) is 37.0. The van der Waals surface area contributed by atoms with E-state index in [2.05, 4.69) is 38.2 Å². The van der Waals surface area contributed by atoms with Crippen LogP contribution in [-0.4, -0.2) is 96.0 Å². The largest absolute Gasteiger partial charge is 0.462 e. The number of esters is 2. The Morgan fingerprint density at radius 3 is 1.48 bits per heavy atom. The van der Waals surface area contributed by atoms with Crippen molar-refractivity contribution in [3.05, 3.63) is 24.3 Å². The van der Waals surface area contributed by atoms with E-state index in [0.29, 0.717) is 12.8 Å². The third-order valence-electron chi connectivity index (χ3n) is 10.5. The van der Waals surface area contributed by atoms with Crippen LogP contribution < -0.4 is 0 Å². The molecule has 12 nitrogen and oxygen atoms in total. The molecular formula is C45H82O12S. The normalized spacial score (nSPS) is 20.6. The summed E-state index contributed by atoms with van der Waals surface area (Å²) in [5.74, 6) is -1.99. The average molecular weight is 847 g/mol. The number of unbranched alkanes of at least 4 members (excludes halogenated alkanes) is 22. The first-order chi connectivity index (χ1) is 28.0. The summed E-state index contributed by atoms with van der Waals surface area (Å²) in [6, 6.07) is 0. The van der Waals surface area contributed by atoms with Gasteiger partial charge in [-0.15, -0.1) is 0 Å². The minimum Gasteiger partial charge on any atom is -0.462 e. The molecule has 0 bridgehead atoms. The molecule has 0 amide bonds. The van der Waals surface area contributed by atoms with Gasteiger partial charge in [-0.25, -0.2) is 0 Å². The van der Waals surface area contributed by atoms with Gasteiger partial charge in [0.15, 0.2) is 12.4 Å². The van der Waals surface area contributed by atoms with Crippen molar-refractivity contribution in [3.8, 4) is 0 Å². The fourth-order valence-electron chi connectivity index (χ4n) is 6.89. The molecule has 58 heavy (non-hydrogen) atoms. The van der Waals surface area contributed by atoms with Gasteiger partial charge in [0.1, 0.15) is 36.8 Å². The first-order valence-electron chi connectivity index (χ1n) is 22.9. The molecule has 1 fully saturated rings. The summed E-state index contributed by atoms with van der Waals surface area (Å²) in [6.07, 6.45) is 29.4. The minimum atomic E-state index is -4.60. The Labute approximate surface area is 351 Å². The number of hydrogen-bond acceptors (Lipinski definition) is 11. The number of carbonyl (C=O) groups is 2. The molecule has 1 saturated heterocycles. The number of aliphatic hydroxyl groups is 3. The van der Waals surface area contributed by atoms with Crippen molar-refractivity contribution in [1.82, 2.24) is 0 Å². The van der Waals surface area contributed by atoms with Gasteiger partial charge in [0.2, 0.25) is 0 Å². The number of carbonyl (C=O) groups excluding carboxylic acids is 2. The number of allylic oxidation sites excluding steroid dienone is 4. The van der Waals surface area contributed by atoms with E-state index in [-0.39, 0.29) is 19.4 Å². The van der Waals surface area contributed by atoms with Crippen LogP contribution in [0.25, 0.3) is 0 Å². The zero-order chi connectivity index (χ0) is 42.7. The van der Waals surface area contributed by atoms with E-state index in [9.17, 15) is 37.9 Å².